The summed E-state index contributed by atoms with van der Waals surface area (Å²) in [6.45, 7) is 2.20. The molecule has 0 spiro atoms. The number of amides is 1. The van der Waals surface area contributed by atoms with Gasteiger partial charge in [0.1, 0.15) is 0 Å². The van der Waals surface area contributed by atoms with E-state index in [9.17, 15) is 9.59 Å². The highest BCUT2D eigenvalue weighted by atomic mass is 16.2. The SMILES string of the molecule is Cc1c(CN(C(=O)c2c[nH]c3ccccc23)C2CCCc3ccccc32)c(=O)n(-c2ccccc2)n1C. The number of aromatic nitrogens is 3. The Morgan fingerprint density at radius 3 is 2.57 bits per heavy atom. The quantitative estimate of drug-likeness (QED) is 0.344. The van der Waals surface area contributed by atoms with Gasteiger partial charge in [-0.1, -0.05) is 60.7 Å². The summed E-state index contributed by atoms with van der Waals surface area (Å²) >= 11 is 0. The van der Waals surface area contributed by atoms with Gasteiger partial charge in [-0.25, -0.2) is 4.68 Å². The molecular formula is C31H30N4O2. The second-order valence-electron chi connectivity index (χ2n) is 9.83. The van der Waals surface area contributed by atoms with Crippen molar-refractivity contribution < 1.29 is 4.79 Å². The maximum Gasteiger partial charge on any atom is 0.276 e. The number of hydrogen-bond acceptors (Lipinski definition) is 2. The Labute approximate surface area is 215 Å². The molecule has 1 amide bonds. The molecule has 6 heteroatoms. The second kappa shape index (κ2) is 9.28. The number of hydrogen-bond donors (Lipinski definition) is 1. The van der Waals surface area contributed by atoms with Crippen molar-refractivity contribution in [1.29, 1.82) is 0 Å². The van der Waals surface area contributed by atoms with E-state index in [0.29, 0.717) is 11.1 Å². The number of rotatable bonds is 5. The summed E-state index contributed by atoms with van der Waals surface area (Å²) in [4.78, 5) is 33.3. The molecule has 6 nitrogen and oxygen atoms in total. The maximum atomic E-state index is 14.3. The lowest BCUT2D eigenvalue weighted by Gasteiger charge is -2.36. The van der Waals surface area contributed by atoms with Crippen molar-refractivity contribution in [3.05, 3.63) is 123 Å². The topological polar surface area (TPSA) is 63.0 Å². The van der Waals surface area contributed by atoms with Gasteiger partial charge < -0.3 is 9.88 Å². The molecule has 0 bridgehead atoms. The van der Waals surface area contributed by atoms with Crippen LogP contribution >= 0.6 is 0 Å². The number of aryl methyl sites for hydroxylation is 1. The number of H-pyrrole nitrogens is 1. The van der Waals surface area contributed by atoms with Crippen LogP contribution in [-0.2, 0) is 20.0 Å². The zero-order valence-corrected chi connectivity index (χ0v) is 21.1. The third kappa shape index (κ3) is 3.89. The van der Waals surface area contributed by atoms with E-state index in [1.807, 2.05) is 84.2 Å². The lowest BCUT2D eigenvalue weighted by atomic mass is 9.86. The molecule has 37 heavy (non-hydrogen) atoms. The minimum Gasteiger partial charge on any atom is -0.360 e. The molecule has 1 unspecified atom stereocenters. The first-order valence-electron chi connectivity index (χ1n) is 12.8. The Kier molecular flexibility index (Phi) is 5.80. The lowest BCUT2D eigenvalue weighted by Crippen LogP contribution is -2.37. The van der Waals surface area contributed by atoms with Crippen molar-refractivity contribution in [2.45, 2.75) is 38.8 Å². The summed E-state index contributed by atoms with van der Waals surface area (Å²) < 4.78 is 3.57. The fourth-order valence-corrected chi connectivity index (χ4v) is 5.75. The first-order valence-corrected chi connectivity index (χ1v) is 12.8. The van der Waals surface area contributed by atoms with Crippen molar-refractivity contribution >= 4 is 16.8 Å². The van der Waals surface area contributed by atoms with Crippen LogP contribution in [0.15, 0.2) is 89.9 Å². The minimum atomic E-state index is -0.102. The molecule has 1 N–H and O–H groups in total. The van der Waals surface area contributed by atoms with Crippen LogP contribution in [0.3, 0.4) is 0 Å². The zero-order valence-electron chi connectivity index (χ0n) is 21.1. The summed E-state index contributed by atoms with van der Waals surface area (Å²) in [5, 5.41) is 0.896. The molecule has 2 heterocycles. The van der Waals surface area contributed by atoms with Crippen LogP contribution in [0.4, 0.5) is 0 Å². The molecular weight excluding hydrogens is 460 g/mol. The van der Waals surface area contributed by atoms with E-state index >= 15 is 0 Å². The average Bonchev–Trinajstić information content (AvgIpc) is 3.46. The van der Waals surface area contributed by atoms with Crippen LogP contribution in [-0.4, -0.2) is 25.2 Å². The van der Waals surface area contributed by atoms with Crippen LogP contribution in [0.5, 0.6) is 0 Å². The van der Waals surface area contributed by atoms with E-state index in [4.69, 9.17) is 0 Å². The van der Waals surface area contributed by atoms with Gasteiger partial charge >= 0.3 is 0 Å². The van der Waals surface area contributed by atoms with E-state index in [1.165, 1.54) is 11.1 Å². The number of nitrogens with zero attached hydrogens (tertiary/aromatic N) is 3. The Hall–Kier alpha value is -4.32. The van der Waals surface area contributed by atoms with Gasteiger partial charge in [-0.2, -0.15) is 0 Å². The molecule has 1 atom stereocenters. The Morgan fingerprint density at radius 2 is 1.73 bits per heavy atom. The fourth-order valence-electron chi connectivity index (χ4n) is 5.75. The molecule has 1 aliphatic carbocycles. The largest absolute Gasteiger partial charge is 0.360 e. The summed E-state index contributed by atoms with van der Waals surface area (Å²) in [7, 11) is 1.90. The summed E-state index contributed by atoms with van der Waals surface area (Å²) in [6.07, 6.45) is 4.67. The first-order chi connectivity index (χ1) is 18.0. The van der Waals surface area contributed by atoms with Gasteiger partial charge in [-0.15, -0.1) is 0 Å². The summed E-state index contributed by atoms with van der Waals surface area (Å²) in [5.74, 6) is -0.0620. The molecule has 6 rings (SSSR count). The Bertz CT molecular complexity index is 1660. The monoisotopic (exact) mass is 490 g/mol. The van der Waals surface area contributed by atoms with Gasteiger partial charge in [-0.05, 0) is 55.5 Å². The number of carbonyl (C=O) groups excluding carboxylic acids is 1. The molecule has 1 aliphatic rings. The smallest absolute Gasteiger partial charge is 0.276 e. The van der Waals surface area contributed by atoms with E-state index < -0.39 is 0 Å². The fraction of sp³-hybridized carbons (Fsp3) is 0.226. The minimum absolute atomic E-state index is 0.0620. The summed E-state index contributed by atoms with van der Waals surface area (Å²) in [5.41, 5.74) is 6.24. The van der Waals surface area contributed by atoms with Crippen molar-refractivity contribution in [3.8, 4) is 5.69 Å². The number of nitrogens with one attached hydrogen (secondary N) is 1. The number of aromatic amines is 1. The Morgan fingerprint density at radius 1 is 1.00 bits per heavy atom. The van der Waals surface area contributed by atoms with Gasteiger partial charge in [0, 0.05) is 29.8 Å². The molecule has 2 aromatic heterocycles. The van der Waals surface area contributed by atoms with Crippen LogP contribution in [0.2, 0.25) is 0 Å². The molecule has 0 fully saturated rings. The van der Waals surface area contributed by atoms with Crippen LogP contribution < -0.4 is 5.56 Å². The predicted octanol–water partition coefficient (Wildman–Crippen LogP) is 5.69. The van der Waals surface area contributed by atoms with E-state index in [-0.39, 0.29) is 24.1 Å². The summed E-state index contributed by atoms with van der Waals surface area (Å²) in [6, 6.07) is 25.8. The third-order valence-corrected chi connectivity index (χ3v) is 7.80. The first kappa shape index (κ1) is 23.1. The number of carbonyl (C=O) groups is 1. The maximum absolute atomic E-state index is 14.3. The van der Waals surface area contributed by atoms with Gasteiger partial charge in [0.15, 0.2) is 0 Å². The van der Waals surface area contributed by atoms with Crippen LogP contribution in [0.25, 0.3) is 16.6 Å². The van der Waals surface area contributed by atoms with Crippen molar-refractivity contribution in [1.82, 2.24) is 19.2 Å². The molecule has 0 saturated heterocycles. The van der Waals surface area contributed by atoms with Gasteiger partial charge in [0.2, 0.25) is 0 Å². The average molecular weight is 491 g/mol. The van der Waals surface area contributed by atoms with Crippen molar-refractivity contribution in [2.24, 2.45) is 7.05 Å². The standard InChI is InChI=1S/C31H30N4O2/c1-21-27(31(37)35(33(21)2)23-13-4-3-5-14-23)20-34(29-18-10-12-22-11-6-7-15-24(22)29)30(36)26-19-32-28-17-9-8-16-25(26)28/h3-9,11,13-17,19,29,32H,10,12,18,20H2,1-2H3. The molecule has 186 valence electrons. The zero-order chi connectivity index (χ0) is 25.5. The van der Waals surface area contributed by atoms with E-state index in [2.05, 4.69) is 23.2 Å². The van der Waals surface area contributed by atoms with Crippen LogP contribution in [0, 0.1) is 6.92 Å². The Balaban J connectivity index is 1.48. The van der Waals surface area contributed by atoms with Gasteiger partial charge in [0.25, 0.3) is 11.5 Å². The van der Waals surface area contributed by atoms with E-state index in [0.717, 1.165) is 41.5 Å². The highest BCUT2D eigenvalue weighted by Crippen LogP contribution is 2.37. The molecule has 0 saturated carbocycles. The van der Waals surface area contributed by atoms with E-state index in [1.54, 1.807) is 10.9 Å². The van der Waals surface area contributed by atoms with Crippen molar-refractivity contribution in [3.63, 3.8) is 0 Å². The lowest BCUT2D eigenvalue weighted by molar-refractivity contribution is 0.0639. The number of fused-ring (bicyclic) bond motifs is 2. The molecule has 5 aromatic rings. The molecule has 0 aliphatic heterocycles. The predicted molar refractivity (Wildman–Crippen MR) is 146 cm³/mol. The van der Waals surface area contributed by atoms with Gasteiger partial charge in [-0.3, -0.25) is 14.3 Å². The highest BCUT2D eigenvalue weighted by molar-refractivity contribution is 6.06. The highest BCUT2D eigenvalue weighted by Gasteiger charge is 2.33. The number of benzene rings is 3. The molecule has 3 aromatic carbocycles. The third-order valence-electron chi connectivity index (χ3n) is 7.80. The number of para-hydroxylation sites is 2. The van der Waals surface area contributed by atoms with Crippen LogP contribution in [0.1, 0.15) is 51.6 Å². The van der Waals surface area contributed by atoms with Crippen molar-refractivity contribution in [2.75, 3.05) is 0 Å². The van der Waals surface area contributed by atoms with Gasteiger partial charge in [0.05, 0.1) is 29.4 Å². The second-order valence-corrected chi connectivity index (χ2v) is 9.83. The normalized spacial score (nSPS) is 15.0. The molecule has 0 radical (unpaired) electrons.